The lowest BCUT2D eigenvalue weighted by Gasteiger charge is -2.27. The van der Waals surface area contributed by atoms with Gasteiger partial charge in [0, 0.05) is 25.3 Å². The Morgan fingerprint density at radius 2 is 2.22 bits per heavy atom. The molecule has 1 N–H and O–H groups in total. The molecule has 1 heterocycles. The van der Waals surface area contributed by atoms with Crippen molar-refractivity contribution in [3.05, 3.63) is 29.8 Å². The van der Waals surface area contributed by atoms with Crippen LogP contribution in [-0.4, -0.2) is 41.6 Å². The highest BCUT2D eigenvalue weighted by molar-refractivity contribution is 5.80. The lowest BCUT2D eigenvalue weighted by molar-refractivity contribution is -0.137. The summed E-state index contributed by atoms with van der Waals surface area (Å²) in [6.45, 7) is 0.197. The number of likely N-dealkylation sites (tertiary alicyclic amines) is 1. The summed E-state index contributed by atoms with van der Waals surface area (Å²) in [7, 11) is 1.56. The van der Waals surface area contributed by atoms with E-state index in [-0.39, 0.29) is 37.8 Å². The van der Waals surface area contributed by atoms with Gasteiger partial charge < -0.3 is 14.7 Å². The Morgan fingerprint density at radius 3 is 2.87 bits per heavy atom. The first-order chi connectivity index (χ1) is 10.9. The molecule has 0 radical (unpaired) electrons. The van der Waals surface area contributed by atoms with Crippen LogP contribution in [0.2, 0.25) is 0 Å². The van der Waals surface area contributed by atoms with Gasteiger partial charge in [-0.15, -0.1) is 0 Å². The summed E-state index contributed by atoms with van der Waals surface area (Å²) in [4.78, 5) is 14.2. The fraction of sp³-hybridized carbons (Fsp3) is 0.588. The third kappa shape index (κ3) is 3.32. The molecule has 6 heteroatoms. The molecule has 0 bridgehead atoms. The number of rotatable bonds is 3. The predicted molar refractivity (Wildman–Crippen MR) is 80.4 cm³/mol. The van der Waals surface area contributed by atoms with Crippen molar-refractivity contribution in [3.8, 4) is 5.75 Å². The Morgan fingerprint density at radius 1 is 1.43 bits per heavy atom. The van der Waals surface area contributed by atoms with Crippen molar-refractivity contribution in [1.82, 2.24) is 4.90 Å². The fourth-order valence-corrected chi connectivity index (χ4v) is 3.62. The van der Waals surface area contributed by atoms with Crippen LogP contribution < -0.4 is 4.74 Å². The van der Waals surface area contributed by atoms with Crippen molar-refractivity contribution in [3.63, 3.8) is 0 Å². The maximum absolute atomic E-state index is 13.4. The van der Waals surface area contributed by atoms with Crippen LogP contribution in [0.1, 0.15) is 37.3 Å². The average molecular weight is 325 g/mol. The van der Waals surface area contributed by atoms with Crippen LogP contribution in [-0.2, 0) is 4.79 Å². The van der Waals surface area contributed by atoms with E-state index in [1.165, 1.54) is 0 Å². The van der Waals surface area contributed by atoms with Crippen LogP contribution >= 0.6 is 0 Å². The summed E-state index contributed by atoms with van der Waals surface area (Å²) in [5, 5.41) is 9.98. The highest BCUT2D eigenvalue weighted by Crippen LogP contribution is 2.42. The molecule has 3 atom stereocenters. The first-order valence-corrected chi connectivity index (χ1v) is 7.90. The first-order valence-electron chi connectivity index (χ1n) is 7.90. The first kappa shape index (κ1) is 16.2. The smallest absolute Gasteiger partial charge is 0.248 e. The molecular formula is C17H21F2NO3. The number of aliphatic hydroxyl groups excluding tert-OH is 1. The SMILES string of the molecule is COc1cccc([C@@H]2C[C@@H](O)CN2C(=O)[C@@H]2CCC(F)(F)C2)c1. The number of β-amino-alcohol motifs (C(OH)–C–C–N with tert-alkyl or cyclic N) is 1. The second kappa shape index (κ2) is 6.07. The predicted octanol–water partition coefficient (Wildman–Crippen LogP) is 2.76. The van der Waals surface area contributed by atoms with E-state index in [0.29, 0.717) is 12.2 Å². The second-order valence-corrected chi connectivity index (χ2v) is 6.47. The number of alkyl halides is 2. The Balaban J connectivity index is 1.81. The van der Waals surface area contributed by atoms with E-state index in [2.05, 4.69) is 0 Å². The summed E-state index contributed by atoms with van der Waals surface area (Å²) >= 11 is 0. The molecular weight excluding hydrogens is 304 g/mol. The molecule has 1 amide bonds. The van der Waals surface area contributed by atoms with E-state index in [1.54, 1.807) is 18.1 Å². The Labute approximate surface area is 134 Å². The van der Waals surface area contributed by atoms with Crippen LogP contribution in [0.4, 0.5) is 8.78 Å². The number of carbonyl (C=O) groups is 1. The number of hydrogen-bond donors (Lipinski definition) is 1. The van der Waals surface area contributed by atoms with Crippen LogP contribution in [0.15, 0.2) is 24.3 Å². The van der Waals surface area contributed by atoms with Gasteiger partial charge in [-0.05, 0) is 30.5 Å². The molecule has 0 spiro atoms. The minimum Gasteiger partial charge on any atom is -0.497 e. The number of halogens is 2. The number of methoxy groups -OCH3 is 1. The maximum Gasteiger partial charge on any atom is 0.248 e. The van der Waals surface area contributed by atoms with E-state index in [0.717, 1.165) is 5.56 Å². The van der Waals surface area contributed by atoms with E-state index in [4.69, 9.17) is 4.74 Å². The number of nitrogens with zero attached hydrogens (tertiary/aromatic N) is 1. The lowest BCUT2D eigenvalue weighted by Crippen LogP contribution is -2.36. The quantitative estimate of drug-likeness (QED) is 0.930. The zero-order chi connectivity index (χ0) is 16.6. The van der Waals surface area contributed by atoms with Gasteiger partial charge in [0.15, 0.2) is 0 Å². The van der Waals surface area contributed by atoms with Crippen molar-refractivity contribution in [2.24, 2.45) is 5.92 Å². The lowest BCUT2D eigenvalue weighted by atomic mass is 10.0. The van der Waals surface area contributed by atoms with Gasteiger partial charge in [0.05, 0.1) is 19.3 Å². The molecule has 1 saturated carbocycles. The highest BCUT2D eigenvalue weighted by atomic mass is 19.3. The molecule has 1 aliphatic heterocycles. The summed E-state index contributed by atoms with van der Waals surface area (Å²) in [5.74, 6) is -3.00. The molecule has 1 aromatic carbocycles. The van der Waals surface area contributed by atoms with Crippen molar-refractivity contribution >= 4 is 5.91 Å². The van der Waals surface area contributed by atoms with Gasteiger partial charge in [0.1, 0.15) is 5.75 Å². The summed E-state index contributed by atoms with van der Waals surface area (Å²) < 4.78 is 32.0. The molecule has 126 valence electrons. The molecule has 0 unspecified atom stereocenters. The van der Waals surface area contributed by atoms with Gasteiger partial charge in [-0.3, -0.25) is 4.79 Å². The third-order valence-corrected chi connectivity index (χ3v) is 4.79. The normalized spacial score (nSPS) is 29.7. The number of amides is 1. The number of carbonyl (C=O) groups excluding carboxylic acids is 1. The van der Waals surface area contributed by atoms with Crippen LogP contribution in [0.5, 0.6) is 5.75 Å². The monoisotopic (exact) mass is 325 g/mol. The van der Waals surface area contributed by atoms with Gasteiger partial charge in [-0.25, -0.2) is 8.78 Å². The molecule has 2 aliphatic rings. The van der Waals surface area contributed by atoms with Crippen molar-refractivity contribution in [2.75, 3.05) is 13.7 Å². The van der Waals surface area contributed by atoms with Crippen molar-refractivity contribution in [2.45, 2.75) is 43.8 Å². The van der Waals surface area contributed by atoms with E-state index in [1.807, 2.05) is 18.2 Å². The van der Waals surface area contributed by atoms with Gasteiger partial charge >= 0.3 is 0 Å². The fourth-order valence-electron chi connectivity index (χ4n) is 3.62. The van der Waals surface area contributed by atoms with E-state index >= 15 is 0 Å². The molecule has 3 rings (SSSR count). The largest absolute Gasteiger partial charge is 0.497 e. The topological polar surface area (TPSA) is 49.8 Å². The van der Waals surface area contributed by atoms with Gasteiger partial charge in [0.2, 0.25) is 11.8 Å². The van der Waals surface area contributed by atoms with Crippen molar-refractivity contribution in [1.29, 1.82) is 0 Å². The number of hydrogen-bond acceptors (Lipinski definition) is 3. The van der Waals surface area contributed by atoms with Gasteiger partial charge in [0.25, 0.3) is 0 Å². The summed E-state index contributed by atoms with van der Waals surface area (Å²) in [6.07, 6.45) is -0.616. The minimum absolute atomic E-state index is 0.197. The molecule has 0 aromatic heterocycles. The van der Waals surface area contributed by atoms with Crippen LogP contribution in [0.25, 0.3) is 0 Å². The molecule has 1 aromatic rings. The van der Waals surface area contributed by atoms with Crippen LogP contribution in [0.3, 0.4) is 0 Å². The highest BCUT2D eigenvalue weighted by Gasteiger charge is 2.46. The molecule has 1 saturated heterocycles. The van der Waals surface area contributed by atoms with E-state index in [9.17, 15) is 18.7 Å². The molecule has 4 nitrogen and oxygen atoms in total. The van der Waals surface area contributed by atoms with Crippen LogP contribution in [0, 0.1) is 5.92 Å². The standard InChI is InChI=1S/C17H21F2NO3/c1-23-14-4-2-3-11(7-14)15-8-13(21)10-20(15)16(22)12-5-6-17(18,19)9-12/h2-4,7,12-13,15,21H,5-6,8-10H2,1H3/t12-,13-,15+/m1/s1. The Hall–Kier alpha value is -1.69. The van der Waals surface area contributed by atoms with E-state index < -0.39 is 17.9 Å². The number of ether oxygens (including phenoxy) is 1. The Kier molecular flexibility index (Phi) is 4.27. The van der Waals surface area contributed by atoms with Gasteiger partial charge in [-0.2, -0.15) is 0 Å². The molecule has 23 heavy (non-hydrogen) atoms. The van der Waals surface area contributed by atoms with Crippen molar-refractivity contribution < 1.29 is 23.4 Å². The zero-order valence-electron chi connectivity index (χ0n) is 13.0. The molecule has 1 aliphatic carbocycles. The zero-order valence-corrected chi connectivity index (χ0v) is 13.0. The van der Waals surface area contributed by atoms with Gasteiger partial charge in [-0.1, -0.05) is 12.1 Å². The number of benzene rings is 1. The summed E-state index contributed by atoms with van der Waals surface area (Å²) in [6, 6.07) is 7.03. The minimum atomic E-state index is -2.75. The third-order valence-electron chi connectivity index (χ3n) is 4.79. The maximum atomic E-state index is 13.4. The summed E-state index contributed by atoms with van der Waals surface area (Å²) in [5.41, 5.74) is 0.860. The number of aliphatic hydroxyl groups is 1. The Bertz CT molecular complexity index is 593. The molecule has 2 fully saturated rings. The second-order valence-electron chi connectivity index (χ2n) is 6.47. The average Bonchev–Trinajstić information content (AvgIpc) is 3.09.